The van der Waals surface area contributed by atoms with E-state index in [0.29, 0.717) is 12.8 Å². The fourth-order valence-corrected chi connectivity index (χ4v) is 2.99. The number of ether oxygens (including phenoxy) is 1. The van der Waals surface area contributed by atoms with Crippen molar-refractivity contribution in [3.63, 3.8) is 0 Å². The van der Waals surface area contributed by atoms with E-state index in [1.54, 1.807) is 7.11 Å². The van der Waals surface area contributed by atoms with Crippen molar-refractivity contribution in [3.8, 4) is 5.75 Å². The number of methoxy groups -OCH3 is 1. The molecule has 1 aliphatic rings. The summed E-state index contributed by atoms with van der Waals surface area (Å²) in [6.45, 7) is 3.94. The highest BCUT2D eigenvalue weighted by molar-refractivity contribution is 6.03. The minimum absolute atomic E-state index is 0.0224. The summed E-state index contributed by atoms with van der Waals surface area (Å²) in [5.74, 6) is 0.310. The Morgan fingerprint density at radius 1 is 1.36 bits per heavy atom. The lowest BCUT2D eigenvalue weighted by molar-refractivity contribution is -0.140. The van der Waals surface area contributed by atoms with Gasteiger partial charge in [0.25, 0.3) is 0 Å². The number of piperidine rings is 1. The molecule has 122 valence electrons. The van der Waals surface area contributed by atoms with Crippen LogP contribution in [0, 0.1) is 5.92 Å². The zero-order valence-corrected chi connectivity index (χ0v) is 14.0. The molecule has 2 N–H and O–H groups in total. The first-order valence-electron chi connectivity index (χ1n) is 7.53. The van der Waals surface area contributed by atoms with Gasteiger partial charge in [-0.05, 0) is 44.1 Å². The van der Waals surface area contributed by atoms with Crippen molar-refractivity contribution in [2.24, 2.45) is 5.92 Å². The summed E-state index contributed by atoms with van der Waals surface area (Å²) in [4.78, 5) is 23.9. The zero-order chi connectivity index (χ0) is 16.8. The van der Waals surface area contributed by atoms with Crippen LogP contribution in [0.5, 0.6) is 5.75 Å². The molecule has 1 saturated heterocycles. The van der Waals surface area contributed by atoms with Crippen molar-refractivity contribution in [1.82, 2.24) is 10.6 Å². The van der Waals surface area contributed by atoms with Crippen LogP contribution in [0.4, 0.5) is 0 Å². The van der Waals surface area contributed by atoms with Crippen molar-refractivity contribution >= 4 is 11.8 Å². The highest BCUT2D eigenvalue weighted by Crippen LogP contribution is 2.41. The van der Waals surface area contributed by atoms with Gasteiger partial charge < -0.3 is 10.1 Å². The van der Waals surface area contributed by atoms with Crippen LogP contribution in [0.1, 0.15) is 32.3 Å². The molecule has 1 aliphatic heterocycles. The van der Waals surface area contributed by atoms with E-state index in [1.807, 2.05) is 52.2 Å². The molecule has 1 aromatic rings. The van der Waals surface area contributed by atoms with Gasteiger partial charge >= 0.3 is 0 Å². The molecule has 1 fully saturated rings. The quantitative estimate of drug-likeness (QED) is 0.837. The molecule has 0 aliphatic carbocycles. The maximum Gasteiger partial charge on any atom is 0.237 e. The summed E-state index contributed by atoms with van der Waals surface area (Å²) in [6.07, 6.45) is 1.03. The SMILES string of the molecule is CCC1(c2cccc(OC)c2)C(=O)NC(=O)CC1C.CNC. The van der Waals surface area contributed by atoms with Gasteiger partial charge in [0.2, 0.25) is 11.8 Å². The number of nitrogens with one attached hydrogen (secondary N) is 2. The molecular formula is C17H26N2O3. The van der Waals surface area contributed by atoms with Gasteiger partial charge in [0.15, 0.2) is 0 Å². The summed E-state index contributed by atoms with van der Waals surface area (Å²) in [5, 5.41) is 5.22. The van der Waals surface area contributed by atoms with Crippen molar-refractivity contribution in [3.05, 3.63) is 29.8 Å². The Hall–Kier alpha value is -1.88. The van der Waals surface area contributed by atoms with E-state index in [1.165, 1.54) is 0 Å². The Morgan fingerprint density at radius 2 is 2.00 bits per heavy atom. The second kappa shape index (κ2) is 7.94. The largest absolute Gasteiger partial charge is 0.497 e. The van der Waals surface area contributed by atoms with Crippen LogP contribution >= 0.6 is 0 Å². The number of rotatable bonds is 3. The predicted molar refractivity (Wildman–Crippen MR) is 86.9 cm³/mol. The second-order valence-corrected chi connectivity index (χ2v) is 5.54. The van der Waals surface area contributed by atoms with Gasteiger partial charge in [0, 0.05) is 6.42 Å². The average molecular weight is 306 g/mol. The van der Waals surface area contributed by atoms with E-state index >= 15 is 0 Å². The predicted octanol–water partition coefficient (Wildman–Crippen LogP) is 1.86. The van der Waals surface area contributed by atoms with Crippen LogP contribution in [0.3, 0.4) is 0 Å². The molecule has 0 bridgehead atoms. The third kappa shape index (κ3) is 3.47. The van der Waals surface area contributed by atoms with Crippen LogP contribution in [-0.4, -0.2) is 33.0 Å². The number of hydrogen-bond acceptors (Lipinski definition) is 4. The third-order valence-corrected chi connectivity index (χ3v) is 4.13. The summed E-state index contributed by atoms with van der Waals surface area (Å²) in [6, 6.07) is 7.54. The molecule has 5 heteroatoms. The van der Waals surface area contributed by atoms with Crippen LogP contribution < -0.4 is 15.4 Å². The van der Waals surface area contributed by atoms with Crippen molar-refractivity contribution in [1.29, 1.82) is 0 Å². The maximum atomic E-state index is 12.4. The standard InChI is InChI=1S/C15H19NO3.C2H7N/c1-4-15(10(2)8-13(17)16-14(15)18)11-6-5-7-12(9-11)19-3;1-3-2/h5-7,9-10H,4,8H2,1-3H3,(H,16,17,18);3H,1-2H3. The van der Waals surface area contributed by atoms with Crippen molar-refractivity contribution in [2.45, 2.75) is 32.1 Å². The number of amides is 2. The van der Waals surface area contributed by atoms with Crippen molar-refractivity contribution < 1.29 is 14.3 Å². The highest BCUT2D eigenvalue weighted by atomic mass is 16.5. The Morgan fingerprint density at radius 3 is 2.50 bits per heavy atom. The maximum absolute atomic E-state index is 12.4. The Bertz CT molecular complexity index is 530. The fraction of sp³-hybridized carbons (Fsp3) is 0.529. The molecule has 2 amide bonds. The molecule has 2 unspecified atom stereocenters. The monoisotopic (exact) mass is 306 g/mol. The fourth-order valence-electron chi connectivity index (χ4n) is 2.99. The lowest BCUT2D eigenvalue weighted by Crippen LogP contribution is -2.55. The molecule has 0 spiro atoms. The van der Waals surface area contributed by atoms with Crippen LogP contribution in [-0.2, 0) is 15.0 Å². The summed E-state index contributed by atoms with van der Waals surface area (Å²) in [7, 11) is 5.35. The molecule has 5 nitrogen and oxygen atoms in total. The zero-order valence-electron chi connectivity index (χ0n) is 14.0. The Balaban J connectivity index is 0.000000745. The van der Waals surface area contributed by atoms with Crippen molar-refractivity contribution in [2.75, 3.05) is 21.2 Å². The van der Waals surface area contributed by atoms with Gasteiger partial charge in [-0.1, -0.05) is 26.0 Å². The first kappa shape index (κ1) is 18.2. The third-order valence-electron chi connectivity index (χ3n) is 4.13. The van der Waals surface area contributed by atoms with Crippen LogP contribution in [0.2, 0.25) is 0 Å². The minimum atomic E-state index is -0.650. The molecule has 0 aromatic heterocycles. The lowest BCUT2D eigenvalue weighted by atomic mass is 9.65. The summed E-state index contributed by atoms with van der Waals surface area (Å²) >= 11 is 0. The smallest absolute Gasteiger partial charge is 0.237 e. The Kier molecular flexibility index (Phi) is 6.56. The molecular weight excluding hydrogens is 280 g/mol. The Labute approximate surface area is 132 Å². The number of hydrogen-bond donors (Lipinski definition) is 2. The topological polar surface area (TPSA) is 67.4 Å². The number of imide groups is 1. The van der Waals surface area contributed by atoms with E-state index in [2.05, 4.69) is 10.6 Å². The molecule has 2 atom stereocenters. The highest BCUT2D eigenvalue weighted by Gasteiger charge is 2.48. The average Bonchev–Trinajstić information content (AvgIpc) is 2.48. The first-order chi connectivity index (χ1) is 10.5. The van der Waals surface area contributed by atoms with Crippen LogP contribution in [0.25, 0.3) is 0 Å². The van der Waals surface area contributed by atoms with E-state index < -0.39 is 5.41 Å². The van der Waals surface area contributed by atoms with Gasteiger partial charge in [-0.15, -0.1) is 0 Å². The normalized spacial score (nSPS) is 24.1. The lowest BCUT2D eigenvalue weighted by Gasteiger charge is -2.40. The summed E-state index contributed by atoms with van der Waals surface area (Å²) < 4.78 is 5.23. The molecule has 2 rings (SSSR count). The molecule has 0 saturated carbocycles. The van der Waals surface area contributed by atoms with Gasteiger partial charge in [-0.25, -0.2) is 0 Å². The van der Waals surface area contributed by atoms with E-state index in [9.17, 15) is 9.59 Å². The first-order valence-corrected chi connectivity index (χ1v) is 7.53. The van der Waals surface area contributed by atoms with Crippen LogP contribution in [0.15, 0.2) is 24.3 Å². The van der Waals surface area contributed by atoms with Gasteiger partial charge in [-0.3, -0.25) is 14.9 Å². The van der Waals surface area contributed by atoms with E-state index in [0.717, 1.165) is 11.3 Å². The molecule has 1 aromatic carbocycles. The number of benzene rings is 1. The van der Waals surface area contributed by atoms with Gasteiger partial charge in [0.1, 0.15) is 5.75 Å². The number of carbonyl (C=O) groups excluding carboxylic acids is 2. The molecule has 1 heterocycles. The number of carbonyl (C=O) groups is 2. The minimum Gasteiger partial charge on any atom is -0.497 e. The summed E-state index contributed by atoms with van der Waals surface area (Å²) in [5.41, 5.74) is 0.259. The van der Waals surface area contributed by atoms with E-state index in [4.69, 9.17) is 4.74 Å². The van der Waals surface area contributed by atoms with Gasteiger partial charge in [0.05, 0.1) is 12.5 Å². The van der Waals surface area contributed by atoms with Gasteiger partial charge in [-0.2, -0.15) is 0 Å². The molecule has 22 heavy (non-hydrogen) atoms. The second-order valence-electron chi connectivity index (χ2n) is 5.54. The van der Waals surface area contributed by atoms with E-state index in [-0.39, 0.29) is 17.7 Å². The molecule has 0 radical (unpaired) electrons.